The molecule has 3 N–H and O–H groups in total. The summed E-state index contributed by atoms with van der Waals surface area (Å²) in [5.41, 5.74) is 1.47. The summed E-state index contributed by atoms with van der Waals surface area (Å²) >= 11 is 0. The fraction of sp³-hybridized carbons (Fsp3) is 0.333. The van der Waals surface area contributed by atoms with Gasteiger partial charge >= 0.3 is 0 Å². The van der Waals surface area contributed by atoms with Crippen LogP contribution >= 0.6 is 0 Å². The van der Waals surface area contributed by atoms with Gasteiger partial charge in [0.2, 0.25) is 11.7 Å². The summed E-state index contributed by atoms with van der Waals surface area (Å²) in [6.07, 6.45) is 0. The topological polar surface area (TPSA) is 105 Å². The van der Waals surface area contributed by atoms with Gasteiger partial charge in [-0.25, -0.2) is 0 Å². The Labute approximate surface area is 114 Å². The largest absolute Gasteiger partial charge is 0.378 e. The summed E-state index contributed by atoms with van der Waals surface area (Å²) < 4.78 is 5.27. The highest BCUT2D eigenvalue weighted by Gasteiger charge is 2.21. The first-order chi connectivity index (χ1) is 9.83. The van der Waals surface area contributed by atoms with Crippen LogP contribution in [0.5, 0.6) is 0 Å². The predicted octanol–water partition coefficient (Wildman–Crippen LogP) is -0.206. The normalized spacial score (nSPS) is 18.7. The highest BCUT2D eigenvalue weighted by molar-refractivity contribution is 5.95. The van der Waals surface area contributed by atoms with Crippen LogP contribution in [-0.2, 0) is 9.53 Å². The Bertz CT molecular complexity index is 579. The number of benzene rings is 1. The molecule has 1 aromatic heterocycles. The molecule has 1 aromatic carbocycles. The maximum absolute atomic E-state index is 12.1. The predicted molar refractivity (Wildman–Crippen MR) is 70.9 cm³/mol. The van der Waals surface area contributed by atoms with E-state index in [0.717, 1.165) is 5.56 Å². The number of rotatable bonds is 3. The third kappa shape index (κ3) is 2.81. The van der Waals surface area contributed by atoms with Crippen molar-refractivity contribution in [1.29, 1.82) is 0 Å². The Morgan fingerprint density at radius 1 is 1.45 bits per heavy atom. The molecule has 0 saturated carbocycles. The molecule has 1 amide bonds. The van der Waals surface area contributed by atoms with Crippen LogP contribution in [0.4, 0.5) is 5.69 Å². The minimum Gasteiger partial charge on any atom is -0.378 e. The second-order valence-corrected chi connectivity index (χ2v) is 4.39. The van der Waals surface area contributed by atoms with Crippen molar-refractivity contribution in [3.8, 4) is 11.4 Å². The van der Waals surface area contributed by atoms with Gasteiger partial charge in [0.15, 0.2) is 0 Å². The maximum atomic E-state index is 12.1. The second-order valence-electron chi connectivity index (χ2n) is 4.39. The van der Waals surface area contributed by atoms with Crippen molar-refractivity contribution < 1.29 is 9.53 Å². The molecule has 1 aliphatic heterocycles. The lowest BCUT2D eigenvalue weighted by molar-refractivity contribution is -0.120. The van der Waals surface area contributed by atoms with Crippen LogP contribution in [0.15, 0.2) is 24.3 Å². The van der Waals surface area contributed by atoms with Gasteiger partial charge in [0.1, 0.15) is 6.04 Å². The van der Waals surface area contributed by atoms with Gasteiger partial charge in [0.25, 0.3) is 0 Å². The molecule has 8 heteroatoms. The highest BCUT2D eigenvalue weighted by atomic mass is 16.5. The molecule has 1 aliphatic rings. The van der Waals surface area contributed by atoms with Crippen LogP contribution in [0, 0.1) is 0 Å². The molecule has 0 bridgehead atoms. The molecule has 8 nitrogen and oxygen atoms in total. The summed E-state index contributed by atoms with van der Waals surface area (Å²) in [6.45, 7) is 1.70. The second kappa shape index (κ2) is 5.76. The van der Waals surface area contributed by atoms with Crippen LogP contribution in [0.1, 0.15) is 0 Å². The molecule has 0 spiro atoms. The summed E-state index contributed by atoms with van der Waals surface area (Å²) in [6, 6.07) is 6.96. The maximum Gasteiger partial charge on any atom is 0.243 e. The molecule has 1 saturated heterocycles. The first kappa shape index (κ1) is 12.7. The molecule has 2 heterocycles. The van der Waals surface area contributed by atoms with Crippen LogP contribution in [0.3, 0.4) is 0 Å². The van der Waals surface area contributed by atoms with Crippen LogP contribution in [-0.4, -0.2) is 52.3 Å². The molecule has 3 rings (SSSR count). The van der Waals surface area contributed by atoms with E-state index in [0.29, 0.717) is 31.3 Å². The number of aromatic amines is 1. The van der Waals surface area contributed by atoms with E-state index in [9.17, 15) is 4.79 Å². The van der Waals surface area contributed by atoms with Gasteiger partial charge in [0.05, 0.1) is 13.2 Å². The van der Waals surface area contributed by atoms with E-state index >= 15 is 0 Å². The van der Waals surface area contributed by atoms with Crippen molar-refractivity contribution >= 4 is 11.6 Å². The van der Waals surface area contributed by atoms with Crippen molar-refractivity contribution in [2.24, 2.45) is 0 Å². The standard InChI is InChI=1S/C12H14N6O2/c19-12(10-7-20-5-4-13-10)14-9-3-1-2-8(6-9)11-15-17-18-16-11/h1-3,6,10,13H,4-5,7H2,(H,14,19)(H,15,16,17,18). The van der Waals surface area contributed by atoms with E-state index in [1.165, 1.54) is 0 Å². The Morgan fingerprint density at radius 2 is 2.40 bits per heavy atom. The SMILES string of the molecule is O=C(Nc1cccc(-c2nn[nH]n2)c1)C1COCCN1. The number of hydrogen-bond donors (Lipinski definition) is 3. The van der Waals surface area contributed by atoms with Gasteiger partial charge in [-0.2, -0.15) is 5.21 Å². The number of anilines is 1. The molecule has 20 heavy (non-hydrogen) atoms. The van der Waals surface area contributed by atoms with Crippen molar-refractivity contribution in [3.63, 3.8) is 0 Å². The van der Waals surface area contributed by atoms with Gasteiger partial charge in [-0.05, 0) is 17.3 Å². The number of morpholine rings is 1. The zero-order valence-electron chi connectivity index (χ0n) is 10.7. The molecule has 1 fully saturated rings. The Balaban J connectivity index is 1.71. The van der Waals surface area contributed by atoms with E-state index in [-0.39, 0.29) is 11.9 Å². The van der Waals surface area contributed by atoms with Crippen LogP contribution < -0.4 is 10.6 Å². The van der Waals surface area contributed by atoms with Gasteiger partial charge in [-0.1, -0.05) is 12.1 Å². The number of carbonyl (C=O) groups excluding carboxylic acids is 1. The van der Waals surface area contributed by atoms with E-state index in [2.05, 4.69) is 31.3 Å². The fourth-order valence-electron chi connectivity index (χ4n) is 1.98. The Kier molecular flexibility index (Phi) is 3.66. The number of nitrogens with one attached hydrogen (secondary N) is 3. The first-order valence-electron chi connectivity index (χ1n) is 6.29. The third-order valence-electron chi connectivity index (χ3n) is 2.97. The minimum absolute atomic E-state index is 0.116. The van der Waals surface area contributed by atoms with Crippen molar-refractivity contribution in [2.75, 3.05) is 25.1 Å². The van der Waals surface area contributed by atoms with E-state index in [4.69, 9.17) is 4.74 Å². The van der Waals surface area contributed by atoms with Crippen molar-refractivity contribution in [1.82, 2.24) is 25.9 Å². The van der Waals surface area contributed by atoms with Crippen molar-refractivity contribution in [2.45, 2.75) is 6.04 Å². The van der Waals surface area contributed by atoms with Gasteiger partial charge in [0, 0.05) is 17.8 Å². The third-order valence-corrected chi connectivity index (χ3v) is 2.97. The minimum atomic E-state index is -0.322. The number of ether oxygens (including phenoxy) is 1. The molecular weight excluding hydrogens is 260 g/mol. The van der Waals surface area contributed by atoms with Gasteiger partial charge in [-0.15, -0.1) is 10.2 Å². The Morgan fingerprint density at radius 3 is 3.15 bits per heavy atom. The van der Waals surface area contributed by atoms with Crippen molar-refractivity contribution in [3.05, 3.63) is 24.3 Å². The van der Waals surface area contributed by atoms with Gasteiger partial charge in [-0.3, -0.25) is 4.79 Å². The van der Waals surface area contributed by atoms with E-state index in [1.54, 1.807) is 6.07 Å². The van der Waals surface area contributed by atoms with E-state index in [1.807, 2.05) is 18.2 Å². The number of tetrazole rings is 1. The lowest BCUT2D eigenvalue weighted by Gasteiger charge is -2.22. The fourth-order valence-corrected chi connectivity index (χ4v) is 1.98. The molecule has 1 unspecified atom stereocenters. The lowest BCUT2D eigenvalue weighted by Crippen LogP contribution is -2.48. The lowest BCUT2D eigenvalue weighted by atomic mass is 10.2. The monoisotopic (exact) mass is 274 g/mol. The number of carbonyl (C=O) groups is 1. The number of amides is 1. The summed E-state index contributed by atoms with van der Waals surface area (Å²) in [4.78, 5) is 12.1. The molecule has 0 radical (unpaired) electrons. The summed E-state index contributed by atoms with van der Waals surface area (Å²) in [5, 5.41) is 19.7. The highest BCUT2D eigenvalue weighted by Crippen LogP contribution is 2.18. The average molecular weight is 274 g/mol. The summed E-state index contributed by atoms with van der Waals surface area (Å²) in [5.74, 6) is 0.371. The first-order valence-corrected chi connectivity index (χ1v) is 6.29. The van der Waals surface area contributed by atoms with E-state index < -0.39 is 0 Å². The van der Waals surface area contributed by atoms with Crippen LogP contribution in [0.2, 0.25) is 0 Å². The smallest absolute Gasteiger partial charge is 0.243 e. The number of aromatic nitrogens is 4. The molecule has 104 valence electrons. The zero-order valence-corrected chi connectivity index (χ0v) is 10.7. The molecule has 0 aliphatic carbocycles. The number of H-pyrrole nitrogens is 1. The average Bonchev–Trinajstić information content (AvgIpc) is 3.03. The zero-order chi connectivity index (χ0) is 13.8. The van der Waals surface area contributed by atoms with Gasteiger partial charge < -0.3 is 15.4 Å². The summed E-state index contributed by atoms with van der Waals surface area (Å²) in [7, 11) is 0. The number of hydrogen-bond acceptors (Lipinski definition) is 6. The number of nitrogens with zero attached hydrogens (tertiary/aromatic N) is 3. The molecule has 1 atom stereocenters. The molecular formula is C12H14N6O2. The quantitative estimate of drug-likeness (QED) is 0.715. The Hall–Kier alpha value is -2.32. The van der Waals surface area contributed by atoms with Crippen LogP contribution in [0.25, 0.3) is 11.4 Å². The molecule has 2 aromatic rings.